The zero-order chi connectivity index (χ0) is 15.5. The molecule has 1 aromatic heterocycles. The van der Waals surface area contributed by atoms with Gasteiger partial charge in [-0.3, -0.25) is 4.79 Å². The van der Waals surface area contributed by atoms with Crippen LogP contribution in [0.15, 0.2) is 24.3 Å². The van der Waals surface area contributed by atoms with E-state index in [0.717, 1.165) is 0 Å². The van der Waals surface area contributed by atoms with Gasteiger partial charge in [-0.25, -0.2) is 13.2 Å². The molecule has 2 aliphatic rings. The minimum absolute atomic E-state index is 0.125. The summed E-state index contributed by atoms with van der Waals surface area (Å²) in [6.07, 6.45) is -0.272. The number of carbonyl (C=O) groups excluding carboxylic acids is 1. The maximum atomic E-state index is 13.7. The van der Waals surface area contributed by atoms with E-state index >= 15 is 0 Å². The van der Waals surface area contributed by atoms with E-state index in [4.69, 9.17) is 0 Å². The Morgan fingerprint density at radius 3 is 2.55 bits per heavy atom. The molecule has 4 rings (SSSR count). The van der Waals surface area contributed by atoms with Gasteiger partial charge in [-0.15, -0.1) is 0 Å². The number of aromatic amines is 1. The lowest BCUT2D eigenvalue weighted by molar-refractivity contribution is -0.00245. The largest absolute Gasteiger partial charge is 0.350 e. The summed E-state index contributed by atoms with van der Waals surface area (Å²) < 4.78 is 40.4. The van der Waals surface area contributed by atoms with Crippen LogP contribution in [0.1, 0.15) is 23.3 Å². The van der Waals surface area contributed by atoms with Crippen LogP contribution in [0.3, 0.4) is 0 Å². The molecule has 1 N–H and O–H groups in total. The molecule has 116 valence electrons. The standard InChI is InChI=1S/C16H15F3N2O/c17-12-2-1-3-13-11(12)4-14(20-13)15(22)21-7-9-5-16(18,19)6-10(9)8-21/h1-4,9-10,20H,5-8H2. The van der Waals surface area contributed by atoms with Crippen molar-refractivity contribution in [2.45, 2.75) is 18.8 Å². The fourth-order valence-electron chi connectivity index (χ4n) is 3.82. The molecular formula is C16H15F3N2O. The molecule has 0 bridgehead atoms. The van der Waals surface area contributed by atoms with Gasteiger partial charge in [-0.2, -0.15) is 0 Å². The first kappa shape index (κ1) is 13.7. The Morgan fingerprint density at radius 2 is 1.91 bits per heavy atom. The van der Waals surface area contributed by atoms with Crippen molar-refractivity contribution in [2.75, 3.05) is 13.1 Å². The maximum absolute atomic E-state index is 13.7. The number of H-pyrrole nitrogens is 1. The molecule has 6 heteroatoms. The second-order valence-electron chi connectivity index (χ2n) is 6.38. The lowest BCUT2D eigenvalue weighted by atomic mass is 10.0. The minimum atomic E-state index is -2.59. The van der Waals surface area contributed by atoms with Crippen LogP contribution in [0.2, 0.25) is 0 Å². The summed E-state index contributed by atoms with van der Waals surface area (Å²) in [7, 11) is 0. The fourth-order valence-corrected chi connectivity index (χ4v) is 3.82. The van der Waals surface area contributed by atoms with Crippen LogP contribution in [-0.2, 0) is 0 Å². The van der Waals surface area contributed by atoms with Crippen molar-refractivity contribution in [1.82, 2.24) is 9.88 Å². The molecule has 22 heavy (non-hydrogen) atoms. The Kier molecular flexibility index (Phi) is 2.80. The lowest BCUT2D eigenvalue weighted by Crippen LogP contribution is -2.31. The van der Waals surface area contributed by atoms with Gasteiger partial charge in [0.1, 0.15) is 11.5 Å². The maximum Gasteiger partial charge on any atom is 0.270 e. The average molecular weight is 308 g/mol. The summed E-state index contributed by atoms with van der Waals surface area (Å²) in [5.41, 5.74) is 0.876. The van der Waals surface area contributed by atoms with E-state index in [9.17, 15) is 18.0 Å². The highest BCUT2D eigenvalue weighted by Crippen LogP contribution is 2.46. The SMILES string of the molecule is O=C(c1cc2c(F)cccc2[nH]1)N1CC2CC(F)(F)CC2C1. The molecule has 2 heterocycles. The minimum Gasteiger partial charge on any atom is -0.350 e. The van der Waals surface area contributed by atoms with Gasteiger partial charge >= 0.3 is 0 Å². The van der Waals surface area contributed by atoms with E-state index in [1.807, 2.05) is 0 Å². The van der Waals surface area contributed by atoms with E-state index in [2.05, 4.69) is 4.98 Å². The Hall–Kier alpha value is -1.98. The van der Waals surface area contributed by atoms with Crippen LogP contribution in [-0.4, -0.2) is 34.8 Å². The van der Waals surface area contributed by atoms with Crippen LogP contribution in [0.5, 0.6) is 0 Å². The number of nitrogens with one attached hydrogen (secondary N) is 1. The fraction of sp³-hybridized carbons (Fsp3) is 0.438. The number of fused-ring (bicyclic) bond motifs is 2. The monoisotopic (exact) mass is 308 g/mol. The molecule has 0 radical (unpaired) electrons. The number of hydrogen-bond donors (Lipinski definition) is 1. The molecular weight excluding hydrogens is 293 g/mol. The van der Waals surface area contributed by atoms with Crippen LogP contribution in [0, 0.1) is 17.7 Å². The number of hydrogen-bond acceptors (Lipinski definition) is 1. The van der Waals surface area contributed by atoms with Gasteiger partial charge < -0.3 is 9.88 Å². The Labute approximate surface area is 125 Å². The van der Waals surface area contributed by atoms with Crippen LogP contribution in [0.25, 0.3) is 10.9 Å². The van der Waals surface area contributed by atoms with Crippen molar-refractivity contribution in [1.29, 1.82) is 0 Å². The number of amides is 1. The predicted octanol–water partition coefficient (Wildman–Crippen LogP) is 3.42. The number of aromatic nitrogens is 1. The zero-order valence-corrected chi connectivity index (χ0v) is 11.8. The Morgan fingerprint density at radius 1 is 1.23 bits per heavy atom. The third-order valence-corrected chi connectivity index (χ3v) is 4.83. The third kappa shape index (κ3) is 2.09. The number of nitrogens with zero attached hydrogens (tertiary/aromatic N) is 1. The topological polar surface area (TPSA) is 36.1 Å². The van der Waals surface area contributed by atoms with E-state index < -0.39 is 5.92 Å². The summed E-state index contributed by atoms with van der Waals surface area (Å²) in [5.74, 6) is -3.46. The molecule has 1 aliphatic carbocycles. The van der Waals surface area contributed by atoms with Crippen LogP contribution >= 0.6 is 0 Å². The van der Waals surface area contributed by atoms with Crippen LogP contribution in [0.4, 0.5) is 13.2 Å². The summed E-state index contributed by atoms with van der Waals surface area (Å²) in [4.78, 5) is 17.0. The number of benzene rings is 1. The first-order valence-corrected chi connectivity index (χ1v) is 7.37. The average Bonchev–Trinajstić information content (AvgIpc) is 3.08. The normalized spacial score (nSPS) is 26.6. The molecule has 1 saturated carbocycles. The van der Waals surface area contributed by atoms with Gasteiger partial charge in [0.25, 0.3) is 5.91 Å². The molecule has 3 nitrogen and oxygen atoms in total. The van der Waals surface area contributed by atoms with Gasteiger partial charge in [-0.1, -0.05) is 6.07 Å². The Balaban J connectivity index is 1.56. The van der Waals surface area contributed by atoms with E-state index in [1.165, 1.54) is 12.1 Å². The highest BCUT2D eigenvalue weighted by Gasteiger charge is 2.51. The highest BCUT2D eigenvalue weighted by molar-refractivity contribution is 5.98. The summed E-state index contributed by atoms with van der Waals surface area (Å²) >= 11 is 0. The van der Waals surface area contributed by atoms with Gasteiger partial charge in [0.15, 0.2) is 0 Å². The zero-order valence-electron chi connectivity index (χ0n) is 11.8. The van der Waals surface area contributed by atoms with Crippen molar-refractivity contribution in [3.63, 3.8) is 0 Å². The smallest absolute Gasteiger partial charge is 0.270 e. The molecule has 2 atom stereocenters. The number of alkyl halides is 2. The number of halogens is 3. The highest BCUT2D eigenvalue weighted by atomic mass is 19.3. The summed E-state index contributed by atoms with van der Waals surface area (Å²) in [5, 5.41) is 0.372. The number of likely N-dealkylation sites (tertiary alicyclic amines) is 1. The molecule has 1 amide bonds. The third-order valence-electron chi connectivity index (χ3n) is 4.83. The molecule has 1 aromatic carbocycles. The van der Waals surface area contributed by atoms with Crippen molar-refractivity contribution >= 4 is 16.8 Å². The molecule has 1 saturated heterocycles. The first-order valence-electron chi connectivity index (χ1n) is 7.37. The molecule has 2 fully saturated rings. The van der Waals surface area contributed by atoms with Crippen LogP contribution < -0.4 is 0 Å². The first-order chi connectivity index (χ1) is 10.4. The summed E-state index contributed by atoms with van der Waals surface area (Å²) in [6.45, 7) is 0.716. The summed E-state index contributed by atoms with van der Waals surface area (Å²) in [6, 6.07) is 6.11. The van der Waals surface area contributed by atoms with E-state index in [0.29, 0.717) is 29.7 Å². The lowest BCUT2D eigenvalue weighted by Gasteiger charge is -2.18. The number of rotatable bonds is 1. The second kappa shape index (κ2) is 4.51. The second-order valence-corrected chi connectivity index (χ2v) is 6.38. The predicted molar refractivity (Wildman–Crippen MR) is 75.3 cm³/mol. The number of carbonyl (C=O) groups is 1. The van der Waals surface area contributed by atoms with Gasteiger partial charge in [0, 0.05) is 36.8 Å². The molecule has 1 aliphatic heterocycles. The van der Waals surface area contributed by atoms with E-state index in [1.54, 1.807) is 17.0 Å². The van der Waals surface area contributed by atoms with Crippen molar-refractivity contribution < 1.29 is 18.0 Å². The van der Waals surface area contributed by atoms with Gasteiger partial charge in [-0.05, 0) is 30.0 Å². The van der Waals surface area contributed by atoms with Gasteiger partial charge in [0.05, 0.1) is 0 Å². The van der Waals surface area contributed by atoms with Gasteiger partial charge in [0.2, 0.25) is 5.92 Å². The van der Waals surface area contributed by atoms with Crippen molar-refractivity contribution in [2.24, 2.45) is 11.8 Å². The Bertz CT molecular complexity index is 739. The van der Waals surface area contributed by atoms with Crippen molar-refractivity contribution in [3.05, 3.63) is 35.8 Å². The quantitative estimate of drug-likeness (QED) is 0.861. The molecule has 2 aromatic rings. The molecule has 2 unspecified atom stereocenters. The van der Waals surface area contributed by atoms with E-state index in [-0.39, 0.29) is 36.4 Å². The molecule has 0 spiro atoms. The van der Waals surface area contributed by atoms with Crippen molar-refractivity contribution in [3.8, 4) is 0 Å².